The zero-order valence-corrected chi connectivity index (χ0v) is 81.7. The molecule has 0 fully saturated rings. The van der Waals surface area contributed by atoms with Crippen LogP contribution in [-0.4, -0.2) is 142 Å². The van der Waals surface area contributed by atoms with Crippen molar-refractivity contribution in [3.8, 4) is 50.4 Å². The molecule has 0 aliphatic heterocycles. The van der Waals surface area contributed by atoms with E-state index in [-0.39, 0.29) is 144 Å². The molecule has 0 radical (unpaired) electrons. The average molecular weight is 1870 g/mol. The number of carbonyl (C=O) groups excluding carboxylic acids is 9. The summed E-state index contributed by atoms with van der Waals surface area (Å²) in [5.74, 6) is 0.146. The van der Waals surface area contributed by atoms with Crippen LogP contribution < -0.4 is 94.3 Å². The van der Waals surface area contributed by atoms with Gasteiger partial charge in [-0.2, -0.15) is 0 Å². The number of pyridine rings is 4. The van der Waals surface area contributed by atoms with Crippen molar-refractivity contribution in [2.24, 2.45) is 29.6 Å². The second-order valence-electron chi connectivity index (χ2n) is 30.6. The Kier molecular flexibility index (Phi) is 53.9. The summed E-state index contributed by atoms with van der Waals surface area (Å²) >= 11 is 0. The molecular weight excluding hydrogens is 1740 g/mol. The van der Waals surface area contributed by atoms with Crippen LogP contribution in [0.3, 0.4) is 0 Å². The molecule has 4 heterocycles. The Morgan fingerprint density at radius 2 is 0.719 bits per heavy atom. The van der Waals surface area contributed by atoms with E-state index in [0.717, 1.165) is 44.8 Å². The zero-order valence-electron chi connectivity index (χ0n) is 79.7. The van der Waals surface area contributed by atoms with E-state index in [1.54, 1.807) is 126 Å². The monoisotopic (exact) mass is 1870 g/mol. The Morgan fingerprint density at radius 1 is 0.415 bits per heavy atom. The Hall–Kier alpha value is -13.6. The molecule has 8 rings (SSSR count). The molecule has 0 spiro atoms. The summed E-state index contributed by atoms with van der Waals surface area (Å²) in [6.45, 7) is 40.2. The van der Waals surface area contributed by atoms with E-state index in [0.29, 0.717) is 93.2 Å². The standard InChI is InChI=1S/C29H35N3O5.C24H29N3O4.2C19H23N3O3.C10H16O4.H2NO.Na/c1-8-11-23(30-6)25-16-21(17-26(31-25)37-29(35)19(5)10-3)22-13-12-20(15-27(33)36-7)14-24(22)32-28(34)18(4)9-2;1-6-8-19(25-4)21-13-17(14-22(28)26-21)18-10-9-16(12-23(29)31-5)11-20(18)27-24(30)15(3)7-2;2*1-4-5-16(21-2)17-10-13(11-18(23)22-17)14-7-6-12(8-15(14)20)9-19(24)25-3;1-5-8(4)9(11)14-10(12)13-6-7(2)3;1-2;/h8-10,12-14,16-19,23,30H,1-3,11,15H2,4-7H3,(H,32,34);6-7,9-11,13-15,19,25H,1-2,8,12H2,3-5H3,(H,26,28)(H,27,30);2*4,6-8,10-11,16,21H,1,5,9,20H2,2-3H3,(H,22,23);5,7-8H,1,6H2,2-4H3;1-2H;/q;;;;;-1;+1. The van der Waals surface area contributed by atoms with Crippen molar-refractivity contribution >= 4 is 76.5 Å². The topological polar surface area (TPSA) is 498 Å². The molecule has 2 amide bonds. The number of carbonyl (C=O) groups is 9. The van der Waals surface area contributed by atoms with Gasteiger partial charge < -0.3 is 103 Å². The van der Waals surface area contributed by atoms with Crippen molar-refractivity contribution in [2.45, 2.75) is 117 Å². The molecule has 8 atom stereocenters. The number of rotatable bonds is 41. The van der Waals surface area contributed by atoms with Gasteiger partial charge in [0.1, 0.15) is 0 Å². The van der Waals surface area contributed by atoms with Crippen molar-refractivity contribution in [2.75, 3.05) is 85.3 Å². The predicted molar refractivity (Wildman–Crippen MR) is 524 cm³/mol. The van der Waals surface area contributed by atoms with Gasteiger partial charge in [0.15, 0.2) is 0 Å². The second kappa shape index (κ2) is 62.0. The number of benzene rings is 4. The van der Waals surface area contributed by atoms with E-state index in [1.807, 2.05) is 83.5 Å². The summed E-state index contributed by atoms with van der Waals surface area (Å²) in [6.07, 6.45) is 15.2. The summed E-state index contributed by atoms with van der Waals surface area (Å²) < 4.78 is 33.5. The van der Waals surface area contributed by atoms with Crippen molar-refractivity contribution in [1.29, 1.82) is 0 Å². The van der Waals surface area contributed by atoms with Gasteiger partial charge in [0.05, 0.1) is 114 Å². The molecule has 0 saturated carbocycles. The van der Waals surface area contributed by atoms with Crippen molar-refractivity contribution in [3.05, 3.63) is 305 Å². The first kappa shape index (κ1) is 117. The van der Waals surface area contributed by atoms with Crippen molar-refractivity contribution in [1.82, 2.24) is 41.2 Å². The largest absolute Gasteiger partial charge is 1.00 e. The number of hydrogen-bond donors (Lipinski definition) is 12. The van der Waals surface area contributed by atoms with Gasteiger partial charge in [-0.3, -0.25) is 52.7 Å². The molecule has 33 nitrogen and oxygen atoms in total. The van der Waals surface area contributed by atoms with Crippen LogP contribution in [0, 0.1) is 29.6 Å². The fourth-order valence-corrected chi connectivity index (χ4v) is 12.5. The minimum atomic E-state index is -0.947. The third kappa shape index (κ3) is 39.2. The quantitative estimate of drug-likeness (QED) is 0.00322. The molecule has 0 saturated heterocycles. The van der Waals surface area contributed by atoms with Gasteiger partial charge in [0.2, 0.25) is 34.4 Å². The van der Waals surface area contributed by atoms with Crippen LogP contribution in [0.2, 0.25) is 0 Å². The van der Waals surface area contributed by atoms with E-state index in [1.165, 1.54) is 58.8 Å². The molecule has 0 aliphatic carbocycles. The smallest absolute Gasteiger partial charge is 0.553 e. The van der Waals surface area contributed by atoms with Crippen LogP contribution in [0.25, 0.3) is 50.4 Å². The predicted octanol–water partition coefficient (Wildman–Crippen LogP) is 12.1. The van der Waals surface area contributed by atoms with Crippen molar-refractivity contribution < 1.29 is 111 Å². The summed E-state index contributed by atoms with van der Waals surface area (Å²) in [7, 11) is 12.6. The number of nitrogen functional groups attached to an aromatic ring is 2. The molecule has 0 bridgehead atoms. The van der Waals surface area contributed by atoms with Gasteiger partial charge in [0, 0.05) is 86.4 Å². The number of anilines is 4. The number of hydrogen-bond acceptors (Lipinski definition) is 27. The molecule has 4 aromatic heterocycles. The third-order valence-electron chi connectivity index (χ3n) is 20.3. The van der Waals surface area contributed by atoms with Gasteiger partial charge in [-0.1, -0.05) is 125 Å². The van der Waals surface area contributed by atoms with E-state index in [9.17, 15) is 57.5 Å². The summed E-state index contributed by atoms with van der Waals surface area (Å²) in [6, 6.07) is 34.6. The summed E-state index contributed by atoms with van der Waals surface area (Å²) in [5.41, 5.74) is 24.9. The number of H-pyrrole nitrogens is 3. The van der Waals surface area contributed by atoms with Crippen LogP contribution in [0.1, 0.15) is 136 Å². The second-order valence-corrected chi connectivity index (χ2v) is 30.6. The van der Waals surface area contributed by atoms with Crippen LogP contribution in [0.15, 0.2) is 237 Å². The number of esters is 6. The first-order valence-electron chi connectivity index (χ1n) is 42.6. The number of nitrogens with two attached hydrogens (primary N) is 2. The number of nitrogens with zero attached hydrogens (tertiary/aromatic N) is 1. The maximum Gasteiger partial charge on any atom is 1.00 e. The molecule has 4 aromatic carbocycles. The summed E-state index contributed by atoms with van der Waals surface area (Å²) in [5, 5.41) is 24.7. The van der Waals surface area contributed by atoms with E-state index >= 15 is 0 Å². The number of nitrogens with one attached hydrogen (secondary N) is 10. The minimum Gasteiger partial charge on any atom is -0.553 e. The fraction of sp³-hybridized carbons (Fsp3) is 0.317. The normalized spacial score (nSPS) is 12.1. The molecule has 0 aliphatic rings. The molecule has 718 valence electrons. The Labute approximate surface area is 810 Å². The summed E-state index contributed by atoms with van der Waals surface area (Å²) in [4.78, 5) is 156. The molecule has 8 unspecified atom stereocenters. The number of ether oxygens (including phenoxy) is 7. The Balaban J connectivity index is 0.000000582. The number of methoxy groups -OCH3 is 4. The first-order valence-corrected chi connectivity index (χ1v) is 42.6. The van der Waals surface area contributed by atoms with Crippen molar-refractivity contribution in [3.63, 3.8) is 0 Å². The molecular formula is C101H128N13NaO20. The molecule has 8 aromatic rings. The number of aromatic nitrogens is 4. The van der Waals surface area contributed by atoms with Gasteiger partial charge in [-0.15, -0.1) is 52.6 Å². The van der Waals surface area contributed by atoms with Gasteiger partial charge in [-0.25, -0.2) is 9.78 Å². The van der Waals surface area contributed by atoms with Gasteiger partial charge in [0.25, 0.3) is 0 Å². The van der Waals surface area contributed by atoms with Crippen LogP contribution >= 0.6 is 0 Å². The fourth-order valence-electron chi connectivity index (χ4n) is 12.5. The van der Waals surface area contributed by atoms with Gasteiger partial charge in [-0.05, 0) is 167 Å². The molecule has 34 heteroatoms. The van der Waals surface area contributed by atoms with E-state index in [4.69, 9.17) is 36.8 Å². The number of amides is 2. The van der Waals surface area contributed by atoms with Crippen LogP contribution in [0.4, 0.5) is 27.5 Å². The molecule has 135 heavy (non-hydrogen) atoms. The van der Waals surface area contributed by atoms with E-state index < -0.39 is 47.7 Å². The maximum absolute atomic E-state index is 12.8. The maximum atomic E-state index is 12.8. The Bertz CT molecular complexity index is 5450. The average Bonchev–Trinajstić information content (AvgIpc) is 0.763. The van der Waals surface area contributed by atoms with E-state index in [2.05, 4.69) is 123 Å². The molecule has 15 N–H and O–H groups in total. The third-order valence-corrected chi connectivity index (χ3v) is 20.3. The number of aromatic amines is 3. The SMILES string of the molecule is C=CC(C)C(=O)OC(=O)OCC(C)C.C=CCC(NC)c1cc(-c2ccc(CC(=O)OC)cc2N)cc(=O)[nH]1.C=CCC(NC)c1cc(-c2ccc(CC(=O)OC)cc2N)cc(=O)[nH]1.C=CCC(NC)c1cc(-c2ccc(CC(=O)OC)cc2NC(=O)C(C)C=C)cc(=O)[nH]1.C=CCC(NC)c1cc(-c2ccc(CC(=O)OC)cc2NC(=O)C(C)C=C)cc(OC(=O)C(C)C=C)n1.[NH-]O.[Na+]. The van der Waals surface area contributed by atoms with Gasteiger partial charge >= 0.3 is 71.5 Å². The Morgan fingerprint density at radius 3 is 1.02 bits per heavy atom. The zero-order chi connectivity index (χ0) is 100. The van der Waals surface area contributed by atoms with Crippen LogP contribution in [0.5, 0.6) is 5.88 Å². The van der Waals surface area contributed by atoms with Crippen LogP contribution in [-0.2, 0) is 92.5 Å². The minimum absolute atomic E-state index is 0. The first-order chi connectivity index (χ1) is 63.9.